The summed E-state index contributed by atoms with van der Waals surface area (Å²) >= 11 is 2.86. The summed E-state index contributed by atoms with van der Waals surface area (Å²) in [4.78, 5) is 28.2. The molecule has 0 bridgehead atoms. The molecule has 1 aromatic rings. The van der Waals surface area contributed by atoms with Crippen LogP contribution in [0.3, 0.4) is 0 Å². The van der Waals surface area contributed by atoms with Crippen LogP contribution in [-0.4, -0.2) is 47.1 Å². The van der Waals surface area contributed by atoms with E-state index in [1.54, 1.807) is 0 Å². The molecule has 9 heteroatoms. The topological polar surface area (TPSA) is 49.4 Å². The Morgan fingerprint density at radius 1 is 1.19 bits per heavy atom. The molecule has 144 valence electrons. The Morgan fingerprint density at radius 3 is 2.65 bits per heavy atom. The number of rotatable bonds is 3. The molecular weight excluding hydrogens is 385 g/mol. The molecule has 1 atom stereocenters. The molecule has 0 saturated carbocycles. The summed E-state index contributed by atoms with van der Waals surface area (Å²) in [5.74, 6) is -0.346. The molecular formula is C17H21F3N2O2S2. The maximum atomic E-state index is 12.9. The number of nitrogens with zero attached hydrogens (tertiary/aromatic N) is 1. The first-order valence-corrected chi connectivity index (χ1v) is 10.7. The van der Waals surface area contributed by atoms with Gasteiger partial charge >= 0.3 is 6.18 Å². The number of carbonyl (C=O) groups excluding carboxylic acids is 2. The van der Waals surface area contributed by atoms with Crippen LogP contribution >= 0.6 is 23.1 Å². The average Bonchev–Trinajstić information content (AvgIpc) is 3.18. The SMILES string of the molecule is O=C(NCC(F)(F)F)C1CSCN1C(=O)c1cc2c(s1)CCCCCC2. The highest BCUT2D eigenvalue weighted by molar-refractivity contribution is 7.99. The van der Waals surface area contributed by atoms with Crippen LogP contribution in [0, 0.1) is 0 Å². The number of amides is 2. The minimum absolute atomic E-state index is 0.251. The van der Waals surface area contributed by atoms with Gasteiger partial charge in [-0.1, -0.05) is 12.8 Å². The van der Waals surface area contributed by atoms with Gasteiger partial charge in [-0.05, 0) is 37.3 Å². The van der Waals surface area contributed by atoms with Gasteiger partial charge < -0.3 is 10.2 Å². The van der Waals surface area contributed by atoms with Crippen LogP contribution in [0.1, 0.15) is 45.8 Å². The first-order chi connectivity index (χ1) is 12.3. The van der Waals surface area contributed by atoms with Crippen LogP contribution in [0.4, 0.5) is 13.2 Å². The molecule has 3 rings (SSSR count). The summed E-state index contributed by atoms with van der Waals surface area (Å²) in [6.45, 7) is -1.37. The van der Waals surface area contributed by atoms with E-state index in [1.165, 1.54) is 51.3 Å². The first kappa shape index (κ1) is 19.5. The number of thiophene rings is 1. The summed E-state index contributed by atoms with van der Waals surface area (Å²) < 4.78 is 37.0. The molecule has 2 amide bonds. The number of nitrogens with one attached hydrogen (secondary N) is 1. The van der Waals surface area contributed by atoms with Gasteiger partial charge in [-0.15, -0.1) is 23.1 Å². The van der Waals surface area contributed by atoms with Crippen molar-refractivity contribution in [2.24, 2.45) is 0 Å². The average molecular weight is 406 g/mol. The Labute approximate surface area is 158 Å². The van der Waals surface area contributed by atoms with Crippen LogP contribution in [0.15, 0.2) is 6.07 Å². The van der Waals surface area contributed by atoms with Gasteiger partial charge in [0.15, 0.2) is 0 Å². The number of aryl methyl sites for hydroxylation is 2. The van der Waals surface area contributed by atoms with Crippen molar-refractivity contribution >= 4 is 34.9 Å². The fourth-order valence-corrected chi connectivity index (χ4v) is 5.62. The van der Waals surface area contributed by atoms with Crippen LogP contribution in [-0.2, 0) is 17.6 Å². The van der Waals surface area contributed by atoms with E-state index >= 15 is 0 Å². The van der Waals surface area contributed by atoms with Crippen molar-refractivity contribution in [2.75, 3.05) is 18.2 Å². The second kappa shape index (κ2) is 8.21. The van der Waals surface area contributed by atoms with Crippen molar-refractivity contribution in [2.45, 2.75) is 50.7 Å². The third-order valence-electron chi connectivity index (χ3n) is 4.62. The summed E-state index contributed by atoms with van der Waals surface area (Å²) in [6, 6.07) is 1.07. The minimum Gasteiger partial charge on any atom is -0.345 e. The van der Waals surface area contributed by atoms with Crippen molar-refractivity contribution in [3.63, 3.8) is 0 Å². The van der Waals surface area contributed by atoms with Crippen LogP contribution in [0.2, 0.25) is 0 Å². The van der Waals surface area contributed by atoms with Crippen molar-refractivity contribution in [3.8, 4) is 0 Å². The smallest absolute Gasteiger partial charge is 0.345 e. The number of halogens is 3. The van der Waals surface area contributed by atoms with E-state index in [0.29, 0.717) is 16.5 Å². The lowest BCUT2D eigenvalue weighted by Crippen LogP contribution is -2.49. The molecule has 1 N–H and O–H groups in total. The van der Waals surface area contributed by atoms with Gasteiger partial charge in [-0.2, -0.15) is 13.2 Å². The lowest BCUT2D eigenvalue weighted by molar-refractivity contribution is -0.140. The Balaban J connectivity index is 1.70. The predicted molar refractivity (Wildman–Crippen MR) is 96.5 cm³/mol. The summed E-state index contributed by atoms with van der Waals surface area (Å²) in [5.41, 5.74) is 1.21. The number of fused-ring (bicyclic) bond motifs is 1. The Kier molecular flexibility index (Phi) is 6.17. The Hall–Kier alpha value is -1.22. The van der Waals surface area contributed by atoms with Gasteiger partial charge in [-0.25, -0.2) is 0 Å². The van der Waals surface area contributed by atoms with Crippen LogP contribution < -0.4 is 5.32 Å². The van der Waals surface area contributed by atoms with E-state index in [4.69, 9.17) is 0 Å². The monoisotopic (exact) mass is 406 g/mol. The largest absolute Gasteiger partial charge is 0.405 e. The van der Waals surface area contributed by atoms with Crippen molar-refractivity contribution in [1.82, 2.24) is 10.2 Å². The number of carbonyl (C=O) groups is 2. The predicted octanol–water partition coefficient (Wildman–Crippen LogP) is 3.60. The zero-order valence-electron chi connectivity index (χ0n) is 14.2. The van der Waals surface area contributed by atoms with Gasteiger partial charge in [-0.3, -0.25) is 9.59 Å². The van der Waals surface area contributed by atoms with E-state index in [-0.39, 0.29) is 5.91 Å². The Morgan fingerprint density at radius 2 is 1.92 bits per heavy atom. The van der Waals surface area contributed by atoms with E-state index in [2.05, 4.69) is 0 Å². The molecule has 1 saturated heterocycles. The summed E-state index contributed by atoms with van der Waals surface area (Å²) in [6.07, 6.45) is 2.09. The van der Waals surface area contributed by atoms with Gasteiger partial charge in [0.05, 0.1) is 10.8 Å². The lowest BCUT2D eigenvalue weighted by Gasteiger charge is -2.22. The first-order valence-electron chi connectivity index (χ1n) is 8.70. The number of hydrogen-bond donors (Lipinski definition) is 1. The van der Waals surface area contributed by atoms with Crippen LogP contribution in [0.5, 0.6) is 0 Å². The third-order valence-corrected chi connectivity index (χ3v) is 6.85. The van der Waals surface area contributed by atoms with Crippen molar-refractivity contribution < 1.29 is 22.8 Å². The highest BCUT2D eigenvalue weighted by Gasteiger charge is 2.37. The minimum atomic E-state index is -4.46. The normalized spacial score (nSPS) is 21.0. The summed E-state index contributed by atoms with van der Waals surface area (Å²) in [7, 11) is 0. The molecule has 1 unspecified atom stereocenters. The maximum Gasteiger partial charge on any atom is 0.405 e. The molecule has 0 spiro atoms. The molecule has 0 aromatic carbocycles. The highest BCUT2D eigenvalue weighted by Crippen LogP contribution is 2.31. The van der Waals surface area contributed by atoms with Crippen molar-refractivity contribution in [1.29, 1.82) is 0 Å². The zero-order chi connectivity index (χ0) is 18.7. The van der Waals surface area contributed by atoms with Gasteiger partial charge in [0, 0.05) is 10.6 Å². The van der Waals surface area contributed by atoms with Gasteiger partial charge in [0.25, 0.3) is 5.91 Å². The fraction of sp³-hybridized carbons (Fsp3) is 0.647. The standard InChI is InChI=1S/C17H21F3N2O2S2/c18-17(19,20)9-21-15(23)12-8-25-10-22(12)16(24)14-7-11-5-3-1-2-4-6-13(11)26-14/h7,12H,1-6,8-10H2,(H,21,23). The van der Waals surface area contributed by atoms with Gasteiger partial charge in [0.2, 0.25) is 5.91 Å². The Bertz CT molecular complexity index is 650. The fourth-order valence-electron chi connectivity index (χ4n) is 3.26. The molecule has 1 aliphatic heterocycles. The van der Waals surface area contributed by atoms with E-state index in [9.17, 15) is 22.8 Å². The van der Waals surface area contributed by atoms with E-state index < -0.39 is 24.7 Å². The molecule has 2 aliphatic rings. The second-order valence-corrected chi connectivity index (χ2v) is 8.73. The van der Waals surface area contributed by atoms with E-state index in [1.807, 2.05) is 11.4 Å². The number of thioether (sulfide) groups is 1. The zero-order valence-corrected chi connectivity index (χ0v) is 15.9. The highest BCUT2D eigenvalue weighted by atomic mass is 32.2. The molecule has 26 heavy (non-hydrogen) atoms. The molecule has 4 nitrogen and oxygen atoms in total. The van der Waals surface area contributed by atoms with Gasteiger partial charge in [0.1, 0.15) is 12.6 Å². The molecule has 0 radical (unpaired) electrons. The third kappa shape index (κ3) is 4.73. The second-order valence-electron chi connectivity index (χ2n) is 6.60. The molecule has 1 aliphatic carbocycles. The number of hydrogen-bond acceptors (Lipinski definition) is 4. The molecule has 1 aromatic heterocycles. The molecule has 1 fully saturated rings. The number of alkyl halides is 3. The van der Waals surface area contributed by atoms with Crippen LogP contribution in [0.25, 0.3) is 0 Å². The summed E-state index contributed by atoms with van der Waals surface area (Å²) in [5, 5.41) is 1.90. The van der Waals surface area contributed by atoms with E-state index in [0.717, 1.165) is 25.7 Å². The quantitative estimate of drug-likeness (QED) is 0.835. The maximum absolute atomic E-state index is 12.9. The van der Waals surface area contributed by atoms with Crippen molar-refractivity contribution in [3.05, 3.63) is 21.4 Å². The lowest BCUT2D eigenvalue weighted by atomic mass is 10.00. The molecule has 2 heterocycles.